The molecule has 136 valence electrons. The Kier molecular flexibility index (Phi) is 6.22. The van der Waals surface area contributed by atoms with Gasteiger partial charge in [0.15, 0.2) is 3.95 Å². The number of nitrogens with one attached hydrogen (secondary N) is 1. The summed E-state index contributed by atoms with van der Waals surface area (Å²) >= 11 is 6.91. The van der Waals surface area contributed by atoms with Crippen LogP contribution < -0.4 is 5.32 Å². The van der Waals surface area contributed by atoms with Crippen molar-refractivity contribution >= 4 is 28.7 Å². The first-order valence-corrected chi connectivity index (χ1v) is 10.1. The third kappa shape index (κ3) is 4.88. The zero-order valence-corrected chi connectivity index (χ0v) is 16.9. The molecule has 1 aromatic carbocycles. The van der Waals surface area contributed by atoms with Crippen molar-refractivity contribution in [1.82, 2.24) is 19.6 Å². The first-order chi connectivity index (χ1) is 12.0. The van der Waals surface area contributed by atoms with Gasteiger partial charge in [0.25, 0.3) is 0 Å². The molecule has 0 atom stereocenters. The van der Waals surface area contributed by atoms with E-state index in [2.05, 4.69) is 58.3 Å². The van der Waals surface area contributed by atoms with Gasteiger partial charge >= 0.3 is 0 Å². The van der Waals surface area contributed by atoms with E-state index in [1.54, 1.807) is 0 Å². The Morgan fingerprint density at radius 1 is 1.12 bits per heavy atom. The van der Waals surface area contributed by atoms with Gasteiger partial charge in [-0.05, 0) is 29.3 Å². The number of hydrogen-bond donors (Lipinski definition) is 1. The maximum atomic E-state index is 5.39. The summed E-state index contributed by atoms with van der Waals surface area (Å²) in [5.41, 5.74) is 2.81. The van der Waals surface area contributed by atoms with Gasteiger partial charge in [-0.25, -0.2) is 4.68 Å². The van der Waals surface area contributed by atoms with Gasteiger partial charge in [-0.1, -0.05) is 49.4 Å². The summed E-state index contributed by atoms with van der Waals surface area (Å²) < 4.78 is 2.75. The van der Waals surface area contributed by atoms with Crippen LogP contribution in [-0.2, 0) is 13.2 Å². The smallest absolute Gasteiger partial charge is 0.204 e. The monoisotopic (exact) mass is 377 g/mol. The molecular weight excluding hydrogens is 350 g/mol. The standard InChI is InChI=1S/C18H27N5S2/c1-14(2)16-6-4-15(5-7-16)12-21-8-10-22(11-9-21)13-23-18(24)25-17(19-3)20-23/h4-7,14H,8-13H2,1-3H3,(H,19,20). The van der Waals surface area contributed by atoms with E-state index in [9.17, 15) is 0 Å². The molecule has 0 unspecified atom stereocenters. The molecule has 5 nitrogen and oxygen atoms in total. The lowest BCUT2D eigenvalue weighted by Crippen LogP contribution is -2.46. The van der Waals surface area contributed by atoms with Crippen molar-refractivity contribution in [2.24, 2.45) is 0 Å². The summed E-state index contributed by atoms with van der Waals surface area (Å²) in [5, 5.41) is 8.44. The second-order valence-corrected chi connectivity index (χ2v) is 8.48. The minimum Gasteiger partial charge on any atom is -0.363 e. The van der Waals surface area contributed by atoms with E-state index in [0.717, 1.165) is 48.5 Å². The summed E-state index contributed by atoms with van der Waals surface area (Å²) in [6.07, 6.45) is 0. The maximum absolute atomic E-state index is 5.39. The fourth-order valence-corrected chi connectivity index (χ4v) is 3.99. The Balaban J connectivity index is 1.49. The zero-order valence-electron chi connectivity index (χ0n) is 15.2. The molecule has 2 aromatic rings. The second kappa shape index (κ2) is 8.40. The minimum absolute atomic E-state index is 0.596. The van der Waals surface area contributed by atoms with E-state index in [4.69, 9.17) is 12.2 Å². The van der Waals surface area contributed by atoms with Crippen LogP contribution in [0.3, 0.4) is 0 Å². The van der Waals surface area contributed by atoms with Crippen LogP contribution in [0.4, 0.5) is 5.13 Å². The summed E-state index contributed by atoms with van der Waals surface area (Å²) in [6, 6.07) is 9.07. The number of aromatic nitrogens is 2. The molecule has 1 aliphatic rings. The number of piperazine rings is 1. The highest BCUT2D eigenvalue weighted by molar-refractivity contribution is 7.73. The highest BCUT2D eigenvalue weighted by Gasteiger charge is 2.18. The Morgan fingerprint density at radius 2 is 1.76 bits per heavy atom. The molecule has 0 spiro atoms. The minimum atomic E-state index is 0.596. The van der Waals surface area contributed by atoms with Crippen LogP contribution in [0.15, 0.2) is 24.3 Å². The Labute approximate surface area is 159 Å². The predicted molar refractivity (Wildman–Crippen MR) is 108 cm³/mol. The van der Waals surface area contributed by atoms with Crippen molar-refractivity contribution in [3.63, 3.8) is 0 Å². The zero-order chi connectivity index (χ0) is 17.8. The van der Waals surface area contributed by atoms with Crippen molar-refractivity contribution < 1.29 is 0 Å². The fourth-order valence-electron chi connectivity index (χ4n) is 3.04. The number of nitrogens with zero attached hydrogens (tertiary/aromatic N) is 4. The van der Waals surface area contributed by atoms with Gasteiger partial charge < -0.3 is 5.32 Å². The maximum Gasteiger partial charge on any atom is 0.204 e. The van der Waals surface area contributed by atoms with Crippen molar-refractivity contribution in [3.05, 3.63) is 39.3 Å². The van der Waals surface area contributed by atoms with Crippen LogP contribution in [0, 0.1) is 3.95 Å². The summed E-state index contributed by atoms with van der Waals surface area (Å²) in [7, 11) is 1.88. The summed E-state index contributed by atoms with van der Waals surface area (Å²) in [6.45, 7) is 10.6. The van der Waals surface area contributed by atoms with E-state index in [1.807, 2.05) is 11.7 Å². The normalized spacial score (nSPS) is 16.5. The van der Waals surface area contributed by atoms with E-state index in [1.165, 1.54) is 22.5 Å². The van der Waals surface area contributed by atoms with Crippen LogP contribution >= 0.6 is 23.6 Å². The molecule has 2 heterocycles. The average Bonchev–Trinajstić information content (AvgIpc) is 2.97. The number of benzene rings is 1. The number of rotatable bonds is 6. The fraction of sp³-hybridized carbons (Fsp3) is 0.556. The average molecular weight is 378 g/mol. The molecule has 0 radical (unpaired) electrons. The second-order valence-electron chi connectivity index (χ2n) is 6.85. The molecule has 3 rings (SSSR count). The van der Waals surface area contributed by atoms with Crippen molar-refractivity contribution in [2.45, 2.75) is 33.0 Å². The molecule has 25 heavy (non-hydrogen) atoms. The molecule has 1 aromatic heterocycles. The SMILES string of the molecule is CNc1nn(CN2CCN(Cc3ccc(C(C)C)cc3)CC2)c(=S)s1. The topological polar surface area (TPSA) is 36.3 Å². The van der Waals surface area contributed by atoms with Crippen LogP contribution in [0.1, 0.15) is 30.9 Å². The van der Waals surface area contributed by atoms with Crippen LogP contribution in [0.5, 0.6) is 0 Å². The molecule has 0 bridgehead atoms. The molecule has 0 saturated carbocycles. The Bertz CT molecular complexity index is 727. The van der Waals surface area contributed by atoms with E-state index < -0.39 is 0 Å². The van der Waals surface area contributed by atoms with Gasteiger partial charge in [0.05, 0.1) is 6.67 Å². The van der Waals surface area contributed by atoms with Gasteiger partial charge in [-0.2, -0.15) is 0 Å². The molecule has 0 aliphatic carbocycles. The van der Waals surface area contributed by atoms with Crippen molar-refractivity contribution in [3.8, 4) is 0 Å². The van der Waals surface area contributed by atoms with Gasteiger partial charge in [-0.15, -0.1) is 5.10 Å². The third-order valence-electron chi connectivity index (χ3n) is 4.67. The van der Waals surface area contributed by atoms with Crippen LogP contribution in [0.2, 0.25) is 0 Å². The molecule has 0 amide bonds. The van der Waals surface area contributed by atoms with E-state index in [-0.39, 0.29) is 0 Å². The lowest BCUT2D eigenvalue weighted by atomic mass is 10.0. The van der Waals surface area contributed by atoms with Crippen LogP contribution in [0.25, 0.3) is 0 Å². The third-order valence-corrected chi connectivity index (χ3v) is 6.00. The van der Waals surface area contributed by atoms with Gasteiger partial charge in [0, 0.05) is 39.8 Å². The predicted octanol–water partition coefficient (Wildman–Crippen LogP) is 3.61. The van der Waals surface area contributed by atoms with Gasteiger partial charge in [0.1, 0.15) is 0 Å². The van der Waals surface area contributed by atoms with Crippen molar-refractivity contribution in [2.75, 3.05) is 38.5 Å². The quantitative estimate of drug-likeness (QED) is 0.778. The van der Waals surface area contributed by atoms with E-state index in [0.29, 0.717) is 5.92 Å². The van der Waals surface area contributed by atoms with Gasteiger partial charge in [0.2, 0.25) is 5.13 Å². The van der Waals surface area contributed by atoms with Crippen LogP contribution in [-0.4, -0.2) is 52.8 Å². The first kappa shape index (κ1) is 18.5. The largest absolute Gasteiger partial charge is 0.363 e. The summed E-state index contributed by atoms with van der Waals surface area (Å²) in [5.74, 6) is 0.596. The molecular formula is C18H27N5S2. The molecule has 1 fully saturated rings. The lowest BCUT2D eigenvalue weighted by molar-refractivity contribution is 0.0985. The van der Waals surface area contributed by atoms with E-state index >= 15 is 0 Å². The van der Waals surface area contributed by atoms with Gasteiger partial charge in [-0.3, -0.25) is 9.80 Å². The van der Waals surface area contributed by atoms with Crippen molar-refractivity contribution in [1.29, 1.82) is 0 Å². The molecule has 1 N–H and O–H groups in total. The summed E-state index contributed by atoms with van der Waals surface area (Å²) in [4.78, 5) is 4.95. The number of anilines is 1. The highest BCUT2D eigenvalue weighted by Crippen LogP contribution is 2.17. The first-order valence-electron chi connectivity index (χ1n) is 8.84. The Hall–Kier alpha value is -1.28. The Morgan fingerprint density at radius 3 is 2.32 bits per heavy atom. The highest BCUT2D eigenvalue weighted by atomic mass is 32.1. The number of hydrogen-bond acceptors (Lipinski definition) is 6. The molecule has 7 heteroatoms. The molecule has 1 aliphatic heterocycles. The molecule has 1 saturated heterocycles. The lowest BCUT2D eigenvalue weighted by Gasteiger charge is -2.34.